The lowest BCUT2D eigenvalue weighted by Gasteiger charge is -2.14. The number of alkyl halides is 3. The van der Waals surface area contributed by atoms with Crippen molar-refractivity contribution < 1.29 is 4.79 Å². The van der Waals surface area contributed by atoms with E-state index in [-0.39, 0.29) is 5.78 Å². The fourth-order valence-electron chi connectivity index (χ4n) is 0.982. The van der Waals surface area contributed by atoms with Gasteiger partial charge in [-0.1, -0.05) is 40.9 Å². The number of hydrogen-bond acceptors (Lipinski definition) is 2. The van der Waals surface area contributed by atoms with Crippen LogP contribution in [0.2, 0.25) is 0 Å². The normalized spacial score (nSPS) is 11.5. The maximum Gasteiger partial charge on any atom is 0.217 e. The fourth-order valence-corrected chi connectivity index (χ4v) is 1.96. The number of carbonyl (C=O) groups is 1. The van der Waals surface area contributed by atoms with Gasteiger partial charge in [-0.05, 0) is 19.1 Å². The maximum atomic E-state index is 11.1. The zero-order valence-corrected chi connectivity index (χ0v) is 10.4. The van der Waals surface area contributed by atoms with Gasteiger partial charge in [-0.15, -0.1) is 12.6 Å². The molecule has 0 aliphatic carbocycles. The minimum absolute atomic E-state index is 0.0752. The van der Waals surface area contributed by atoms with Gasteiger partial charge in [0.15, 0.2) is 5.78 Å². The van der Waals surface area contributed by atoms with Crippen molar-refractivity contribution in [3.63, 3.8) is 0 Å². The molecule has 0 amide bonds. The Morgan fingerprint density at radius 2 is 1.93 bits per heavy atom. The molecule has 1 aromatic rings. The molecule has 0 aliphatic heterocycles. The van der Waals surface area contributed by atoms with Crippen molar-refractivity contribution in [3.05, 3.63) is 29.3 Å². The molecule has 76 valence electrons. The van der Waals surface area contributed by atoms with Gasteiger partial charge in [0, 0.05) is 16.0 Å². The highest BCUT2D eigenvalue weighted by atomic mass is 35.6. The Balaban J connectivity index is 3.29. The topological polar surface area (TPSA) is 17.1 Å². The van der Waals surface area contributed by atoms with Gasteiger partial charge in [0.1, 0.15) is 0 Å². The lowest BCUT2D eigenvalue weighted by molar-refractivity contribution is 0.101. The van der Waals surface area contributed by atoms with Crippen LogP contribution < -0.4 is 0 Å². The van der Waals surface area contributed by atoms with E-state index < -0.39 is 3.79 Å². The van der Waals surface area contributed by atoms with Gasteiger partial charge >= 0.3 is 0 Å². The summed E-state index contributed by atoms with van der Waals surface area (Å²) >= 11 is 21.3. The Bertz CT molecular complexity index is 371. The molecule has 0 unspecified atom stereocenters. The Kier molecular flexibility index (Phi) is 3.75. The van der Waals surface area contributed by atoms with Crippen molar-refractivity contribution >= 4 is 53.2 Å². The third-order valence-electron chi connectivity index (χ3n) is 1.71. The van der Waals surface area contributed by atoms with E-state index in [0.717, 1.165) is 0 Å². The molecule has 0 spiro atoms. The number of halogens is 3. The summed E-state index contributed by atoms with van der Waals surface area (Å²) in [5.74, 6) is -0.0752. The quantitative estimate of drug-likeness (QED) is 0.463. The Morgan fingerprint density at radius 3 is 2.36 bits per heavy atom. The number of Topliss-reactive ketones (excluding diaryl/α,β-unsaturated/α-hetero) is 1. The standard InChI is InChI=1S/C9H7Cl3OS/c1-5(13)6-2-3-8(14)7(4-6)9(10,11)12/h2-4,14H,1H3. The fraction of sp³-hybridized carbons (Fsp3) is 0.222. The van der Waals surface area contributed by atoms with Crippen LogP contribution in [0.4, 0.5) is 0 Å². The predicted octanol–water partition coefficient (Wildman–Crippen LogP) is 4.00. The molecule has 1 aromatic carbocycles. The van der Waals surface area contributed by atoms with Crippen molar-refractivity contribution in [3.8, 4) is 0 Å². The maximum absolute atomic E-state index is 11.1. The minimum Gasteiger partial charge on any atom is -0.295 e. The van der Waals surface area contributed by atoms with Crippen LogP contribution in [0.5, 0.6) is 0 Å². The number of benzene rings is 1. The molecule has 0 fully saturated rings. The molecular formula is C9H7Cl3OS. The molecule has 0 bridgehead atoms. The molecule has 5 heteroatoms. The van der Waals surface area contributed by atoms with Crippen molar-refractivity contribution in [1.29, 1.82) is 0 Å². The third kappa shape index (κ3) is 2.80. The number of ketones is 1. The molecule has 14 heavy (non-hydrogen) atoms. The van der Waals surface area contributed by atoms with Crippen molar-refractivity contribution in [2.45, 2.75) is 15.6 Å². The SMILES string of the molecule is CC(=O)c1ccc(S)c(C(Cl)(Cl)Cl)c1. The molecular weight excluding hydrogens is 263 g/mol. The largest absolute Gasteiger partial charge is 0.295 e. The van der Waals surface area contributed by atoms with Gasteiger partial charge in [-0.3, -0.25) is 4.79 Å². The summed E-state index contributed by atoms with van der Waals surface area (Å²) in [6.07, 6.45) is 0. The molecule has 0 N–H and O–H groups in total. The first-order valence-electron chi connectivity index (χ1n) is 3.73. The van der Waals surface area contributed by atoms with Gasteiger partial charge in [0.2, 0.25) is 3.79 Å². The van der Waals surface area contributed by atoms with Crippen molar-refractivity contribution in [2.75, 3.05) is 0 Å². The zero-order valence-electron chi connectivity index (χ0n) is 7.22. The summed E-state index contributed by atoms with van der Waals surface area (Å²) in [6.45, 7) is 1.45. The van der Waals surface area contributed by atoms with Crippen LogP contribution in [0.15, 0.2) is 23.1 Å². The predicted molar refractivity (Wildman–Crippen MR) is 62.9 cm³/mol. The van der Waals surface area contributed by atoms with Gasteiger partial charge in [0.05, 0.1) is 0 Å². The minimum atomic E-state index is -1.55. The lowest BCUT2D eigenvalue weighted by atomic mass is 10.1. The number of hydrogen-bond donors (Lipinski definition) is 1. The molecule has 0 radical (unpaired) electrons. The van der Waals surface area contributed by atoms with Gasteiger partial charge in [-0.25, -0.2) is 0 Å². The highest BCUT2D eigenvalue weighted by molar-refractivity contribution is 7.80. The van der Waals surface area contributed by atoms with E-state index in [1.165, 1.54) is 13.0 Å². The Hall–Kier alpha value is 0.110. The zero-order chi connectivity index (χ0) is 10.9. The summed E-state index contributed by atoms with van der Waals surface area (Å²) < 4.78 is -1.55. The molecule has 0 atom stereocenters. The van der Waals surface area contributed by atoms with Crippen LogP contribution in [0.25, 0.3) is 0 Å². The molecule has 1 nitrogen and oxygen atoms in total. The highest BCUT2D eigenvalue weighted by Gasteiger charge is 2.25. The summed E-state index contributed by atoms with van der Waals surface area (Å²) in [4.78, 5) is 11.6. The van der Waals surface area contributed by atoms with E-state index in [4.69, 9.17) is 34.8 Å². The summed E-state index contributed by atoms with van der Waals surface area (Å²) in [5, 5.41) is 0. The van der Waals surface area contributed by atoms with Gasteiger partial charge in [-0.2, -0.15) is 0 Å². The van der Waals surface area contributed by atoms with E-state index >= 15 is 0 Å². The lowest BCUT2D eigenvalue weighted by Crippen LogP contribution is -2.04. The number of rotatable bonds is 1. The van der Waals surface area contributed by atoms with E-state index in [2.05, 4.69) is 12.6 Å². The van der Waals surface area contributed by atoms with Crippen LogP contribution in [-0.2, 0) is 3.79 Å². The molecule has 0 heterocycles. The second-order valence-electron chi connectivity index (χ2n) is 2.79. The van der Waals surface area contributed by atoms with Gasteiger partial charge in [0.25, 0.3) is 0 Å². The Morgan fingerprint density at radius 1 is 1.36 bits per heavy atom. The number of carbonyl (C=O) groups excluding carboxylic acids is 1. The second-order valence-corrected chi connectivity index (χ2v) is 5.55. The first-order valence-corrected chi connectivity index (χ1v) is 5.31. The van der Waals surface area contributed by atoms with Crippen molar-refractivity contribution in [2.24, 2.45) is 0 Å². The molecule has 0 aliphatic rings. The first-order chi connectivity index (χ1) is 6.32. The molecule has 0 aromatic heterocycles. The van der Waals surface area contributed by atoms with Crippen LogP contribution in [-0.4, -0.2) is 5.78 Å². The molecule has 1 rings (SSSR count). The van der Waals surface area contributed by atoms with Crippen LogP contribution in [0, 0.1) is 0 Å². The van der Waals surface area contributed by atoms with E-state index in [9.17, 15) is 4.79 Å². The highest BCUT2D eigenvalue weighted by Crippen LogP contribution is 2.41. The van der Waals surface area contributed by atoms with Gasteiger partial charge < -0.3 is 0 Å². The van der Waals surface area contributed by atoms with Crippen molar-refractivity contribution in [1.82, 2.24) is 0 Å². The average molecular weight is 270 g/mol. The monoisotopic (exact) mass is 268 g/mol. The smallest absolute Gasteiger partial charge is 0.217 e. The van der Waals surface area contributed by atoms with E-state index in [0.29, 0.717) is 16.0 Å². The summed E-state index contributed by atoms with van der Waals surface area (Å²) in [6, 6.07) is 4.82. The third-order valence-corrected chi connectivity index (χ3v) is 2.71. The first kappa shape index (κ1) is 12.2. The molecule has 0 saturated heterocycles. The van der Waals surface area contributed by atoms with Crippen LogP contribution >= 0.6 is 47.4 Å². The van der Waals surface area contributed by atoms with Crippen LogP contribution in [0.3, 0.4) is 0 Å². The number of thiol groups is 1. The average Bonchev–Trinajstić information content (AvgIpc) is 2.02. The summed E-state index contributed by atoms with van der Waals surface area (Å²) in [5.41, 5.74) is 0.919. The van der Waals surface area contributed by atoms with Crippen LogP contribution in [0.1, 0.15) is 22.8 Å². The summed E-state index contributed by atoms with van der Waals surface area (Å²) in [7, 11) is 0. The molecule has 0 saturated carbocycles. The second kappa shape index (κ2) is 4.31. The van der Waals surface area contributed by atoms with E-state index in [1.54, 1.807) is 12.1 Å². The van der Waals surface area contributed by atoms with E-state index in [1.807, 2.05) is 0 Å². The Labute approximate surface area is 103 Å².